The number of likely N-dealkylation sites (tertiary alicyclic amines) is 1. The third kappa shape index (κ3) is 5.60. The Bertz CT molecular complexity index is 2040. The number of anilines is 2. The van der Waals surface area contributed by atoms with Crippen molar-refractivity contribution >= 4 is 49.3 Å². The van der Waals surface area contributed by atoms with Gasteiger partial charge in [-0.3, -0.25) is 9.69 Å². The summed E-state index contributed by atoms with van der Waals surface area (Å²) in [5.74, 6) is -2.46. The van der Waals surface area contributed by atoms with Crippen molar-refractivity contribution in [2.24, 2.45) is 5.41 Å². The second kappa shape index (κ2) is 12.0. The number of alkyl halides is 4. The Morgan fingerprint density at radius 2 is 1.96 bits per heavy atom. The summed E-state index contributed by atoms with van der Waals surface area (Å²) < 4.78 is 97.1. The predicted molar refractivity (Wildman–Crippen MR) is 179 cm³/mol. The minimum absolute atomic E-state index is 0.00951. The fourth-order valence-corrected chi connectivity index (χ4v) is 8.83. The van der Waals surface area contributed by atoms with Gasteiger partial charge >= 0.3 is 12.2 Å². The molecule has 266 valence electrons. The number of hydrogen-bond acceptors (Lipinski definition) is 9. The first-order valence-corrected chi connectivity index (χ1v) is 17.0. The Morgan fingerprint density at radius 1 is 1.20 bits per heavy atom. The van der Waals surface area contributed by atoms with E-state index in [2.05, 4.69) is 21.5 Å². The van der Waals surface area contributed by atoms with Crippen LogP contribution in [-0.4, -0.2) is 88.2 Å². The van der Waals surface area contributed by atoms with Gasteiger partial charge in [0.15, 0.2) is 10.9 Å². The second-order valence-corrected chi connectivity index (χ2v) is 15.1. The van der Waals surface area contributed by atoms with Crippen molar-refractivity contribution in [3.05, 3.63) is 48.1 Å². The molecule has 3 aliphatic rings. The number of nitrogen functional groups attached to an aromatic ring is 1. The number of carbonyl (C=O) groups is 1. The van der Waals surface area contributed by atoms with E-state index in [0.717, 1.165) is 36.0 Å². The highest BCUT2D eigenvalue weighted by Crippen LogP contribution is 2.47. The lowest BCUT2D eigenvalue weighted by Gasteiger charge is -2.35. The Balaban J connectivity index is 1.43. The Hall–Kier alpha value is -4.18. The number of halogens is 6. The number of hydrogen-bond donors (Lipinski definition) is 1. The molecular weight excluding hydrogens is 684 g/mol. The molecule has 3 aliphatic heterocycles. The number of benzene rings is 2. The standard InChI is InChI=1S/C34H35F6N7O2S/c1-5-23(48)46-14-22(32(2,3)15-46)45(4)29-19-11-20(34(38,39)40)24(18-7-8-21(36)28-27(18)42-30(41)50-28)25(37)26(19)43-31(44-29)49-16-33-9-6-10-47(33)13-17(35)12-33/h5,7-8,11,17,22H,1,6,9-10,12-16H2,2-4H3,(H2,41,42)/t17-,22+,33+/m1/s1. The smallest absolute Gasteiger partial charge is 0.417 e. The summed E-state index contributed by atoms with van der Waals surface area (Å²) in [5.41, 5.74) is 1.39. The zero-order valence-corrected chi connectivity index (χ0v) is 28.4. The summed E-state index contributed by atoms with van der Waals surface area (Å²) in [6.45, 7) is 8.85. The molecule has 2 N–H and O–H groups in total. The van der Waals surface area contributed by atoms with Gasteiger partial charge in [0, 0.05) is 55.0 Å². The molecule has 5 heterocycles. The Kier molecular flexibility index (Phi) is 8.20. The molecule has 3 atom stereocenters. The van der Waals surface area contributed by atoms with Crippen molar-refractivity contribution in [1.29, 1.82) is 0 Å². The van der Waals surface area contributed by atoms with Crippen LogP contribution in [-0.2, 0) is 11.0 Å². The summed E-state index contributed by atoms with van der Waals surface area (Å²) in [6.07, 6.45) is -3.18. The summed E-state index contributed by atoms with van der Waals surface area (Å²) >= 11 is 0.733. The molecule has 0 radical (unpaired) electrons. The van der Waals surface area contributed by atoms with Crippen LogP contribution in [0.2, 0.25) is 0 Å². The third-order valence-corrected chi connectivity index (χ3v) is 11.3. The van der Waals surface area contributed by atoms with Crippen LogP contribution in [0, 0.1) is 17.0 Å². The summed E-state index contributed by atoms with van der Waals surface area (Å²) in [6, 6.07) is 1.98. The van der Waals surface area contributed by atoms with Crippen LogP contribution in [0.3, 0.4) is 0 Å². The molecule has 1 amide bonds. The molecule has 0 bridgehead atoms. The summed E-state index contributed by atoms with van der Waals surface area (Å²) in [4.78, 5) is 30.8. The number of ether oxygens (including phenoxy) is 1. The van der Waals surface area contributed by atoms with Gasteiger partial charge in [-0.1, -0.05) is 31.8 Å². The highest BCUT2D eigenvalue weighted by Gasteiger charge is 2.50. The Morgan fingerprint density at radius 3 is 2.68 bits per heavy atom. The molecule has 3 fully saturated rings. The van der Waals surface area contributed by atoms with E-state index in [1.54, 1.807) is 16.8 Å². The average molecular weight is 720 g/mol. The zero-order valence-electron chi connectivity index (χ0n) is 27.6. The van der Waals surface area contributed by atoms with Crippen LogP contribution in [0.15, 0.2) is 30.9 Å². The number of fused-ring (bicyclic) bond motifs is 3. The average Bonchev–Trinajstić information content (AvgIpc) is 3.79. The molecule has 0 saturated carbocycles. The van der Waals surface area contributed by atoms with Crippen molar-refractivity contribution < 1.29 is 35.9 Å². The van der Waals surface area contributed by atoms with E-state index >= 15 is 4.39 Å². The molecule has 0 aliphatic carbocycles. The van der Waals surface area contributed by atoms with Crippen molar-refractivity contribution in [1.82, 2.24) is 24.8 Å². The summed E-state index contributed by atoms with van der Waals surface area (Å²) in [5, 5.41) is -0.354. The molecule has 9 nitrogen and oxygen atoms in total. The van der Waals surface area contributed by atoms with Gasteiger partial charge in [-0.15, -0.1) is 0 Å². The number of aromatic nitrogens is 3. The highest BCUT2D eigenvalue weighted by atomic mass is 32.1. The maximum Gasteiger partial charge on any atom is 0.417 e. The predicted octanol–water partition coefficient (Wildman–Crippen LogP) is 6.60. The fraction of sp³-hybridized carbons (Fsp3) is 0.471. The van der Waals surface area contributed by atoms with E-state index in [0.29, 0.717) is 19.5 Å². The lowest BCUT2D eigenvalue weighted by atomic mass is 9.86. The summed E-state index contributed by atoms with van der Waals surface area (Å²) in [7, 11) is 1.61. The molecule has 7 rings (SSSR count). The Labute approximate surface area is 287 Å². The van der Waals surface area contributed by atoms with Crippen LogP contribution >= 0.6 is 11.3 Å². The first kappa shape index (κ1) is 34.3. The number of amides is 1. The quantitative estimate of drug-likeness (QED) is 0.169. The molecule has 3 saturated heterocycles. The molecule has 2 aromatic carbocycles. The van der Waals surface area contributed by atoms with E-state index < -0.39 is 57.6 Å². The largest absolute Gasteiger partial charge is 0.461 e. The minimum Gasteiger partial charge on any atom is -0.461 e. The van der Waals surface area contributed by atoms with Gasteiger partial charge < -0.3 is 20.3 Å². The minimum atomic E-state index is -5.08. The molecule has 0 spiro atoms. The number of likely N-dealkylation sites (N-methyl/N-ethyl adjacent to an activating group) is 1. The van der Waals surface area contributed by atoms with Gasteiger partial charge in [0.1, 0.15) is 29.9 Å². The molecule has 16 heteroatoms. The van der Waals surface area contributed by atoms with E-state index in [1.807, 2.05) is 18.7 Å². The first-order chi connectivity index (χ1) is 23.5. The molecule has 4 aromatic rings. The normalized spacial score (nSPS) is 23.6. The maximum atomic E-state index is 17.0. The molecule has 0 unspecified atom stereocenters. The third-order valence-electron chi connectivity index (χ3n) is 10.4. The topological polar surface area (TPSA) is 101 Å². The van der Waals surface area contributed by atoms with E-state index in [-0.39, 0.29) is 70.2 Å². The van der Waals surface area contributed by atoms with Crippen molar-refractivity contribution in [3.8, 4) is 17.1 Å². The van der Waals surface area contributed by atoms with Gasteiger partial charge in [-0.05, 0) is 43.7 Å². The first-order valence-electron chi connectivity index (χ1n) is 16.2. The van der Waals surface area contributed by atoms with Crippen LogP contribution in [0.1, 0.15) is 38.7 Å². The van der Waals surface area contributed by atoms with Gasteiger partial charge in [-0.25, -0.2) is 18.2 Å². The molecular formula is C34H35F6N7O2S. The van der Waals surface area contributed by atoms with Crippen molar-refractivity contribution in [2.75, 3.05) is 50.5 Å². The van der Waals surface area contributed by atoms with Gasteiger partial charge in [-0.2, -0.15) is 23.1 Å². The van der Waals surface area contributed by atoms with E-state index in [9.17, 15) is 26.7 Å². The molecule has 2 aromatic heterocycles. The lowest BCUT2D eigenvalue weighted by Crippen LogP contribution is -2.44. The monoisotopic (exact) mass is 719 g/mol. The van der Waals surface area contributed by atoms with E-state index in [4.69, 9.17) is 10.5 Å². The van der Waals surface area contributed by atoms with Crippen LogP contribution in [0.4, 0.5) is 37.3 Å². The fourth-order valence-electron chi connectivity index (χ4n) is 8.06. The maximum absolute atomic E-state index is 17.0. The number of thiazole rings is 1. The van der Waals surface area contributed by atoms with Gasteiger partial charge in [0.05, 0.1) is 27.4 Å². The highest BCUT2D eigenvalue weighted by molar-refractivity contribution is 7.22. The van der Waals surface area contributed by atoms with Crippen LogP contribution < -0.4 is 15.4 Å². The van der Waals surface area contributed by atoms with E-state index in [1.165, 1.54) is 6.08 Å². The van der Waals surface area contributed by atoms with Crippen LogP contribution in [0.25, 0.3) is 32.2 Å². The van der Waals surface area contributed by atoms with Crippen molar-refractivity contribution in [3.63, 3.8) is 0 Å². The second-order valence-electron chi connectivity index (χ2n) is 14.1. The number of nitrogens with two attached hydrogens (primary N) is 1. The molecule has 50 heavy (non-hydrogen) atoms. The van der Waals surface area contributed by atoms with Crippen LogP contribution in [0.5, 0.6) is 6.01 Å². The zero-order chi connectivity index (χ0) is 35.9. The number of rotatable bonds is 7. The SMILES string of the molecule is C=CC(=O)N1C[C@H](N(C)c2nc(OC[C@@]34CCCN3C[C@H](F)C4)nc3c(F)c(-c4ccc(F)c5sc(N)nc45)c(C(F)(F)F)cc23)C(C)(C)C1. The van der Waals surface area contributed by atoms with Crippen molar-refractivity contribution in [2.45, 2.75) is 57.0 Å². The number of carbonyl (C=O) groups excluding carboxylic acids is 1. The number of nitrogens with zero attached hydrogens (tertiary/aromatic N) is 6. The van der Waals surface area contributed by atoms with Gasteiger partial charge in [0.25, 0.3) is 0 Å². The van der Waals surface area contributed by atoms with Gasteiger partial charge in [0.2, 0.25) is 5.91 Å². The lowest BCUT2D eigenvalue weighted by molar-refractivity contribution is -0.137.